The van der Waals surface area contributed by atoms with Crippen LogP contribution < -0.4 is 5.73 Å². The molecule has 2 N–H and O–H groups in total. The molecule has 17 heavy (non-hydrogen) atoms. The molecule has 1 aliphatic carbocycles. The van der Waals surface area contributed by atoms with E-state index >= 15 is 0 Å². The fourth-order valence-electron chi connectivity index (χ4n) is 2.80. The summed E-state index contributed by atoms with van der Waals surface area (Å²) in [5, 5.41) is 0. The van der Waals surface area contributed by atoms with Gasteiger partial charge in [-0.15, -0.1) is 0 Å². The van der Waals surface area contributed by atoms with Crippen LogP contribution in [0.15, 0.2) is 18.2 Å². The third kappa shape index (κ3) is 2.65. The van der Waals surface area contributed by atoms with Crippen LogP contribution in [0.2, 0.25) is 0 Å². The molecule has 1 unspecified atom stereocenters. The fraction of sp³-hybridized carbons (Fsp3) is 0.571. The molecule has 0 aliphatic heterocycles. The quantitative estimate of drug-likeness (QED) is 0.836. The molecular weight excluding hydrogens is 220 g/mol. The van der Waals surface area contributed by atoms with Crippen LogP contribution in [0, 0.1) is 17.6 Å². The molecule has 3 heteroatoms. The van der Waals surface area contributed by atoms with Gasteiger partial charge in [0.1, 0.15) is 11.6 Å². The minimum absolute atomic E-state index is 0.317. The van der Waals surface area contributed by atoms with Crippen LogP contribution in [0.25, 0.3) is 0 Å². The van der Waals surface area contributed by atoms with Gasteiger partial charge in [-0.1, -0.05) is 19.3 Å². The molecule has 0 bridgehead atoms. The summed E-state index contributed by atoms with van der Waals surface area (Å²) in [6.45, 7) is 1.89. The predicted octanol–water partition coefficient (Wildman–Crippen LogP) is 3.72. The zero-order valence-corrected chi connectivity index (χ0v) is 10.2. The van der Waals surface area contributed by atoms with Crippen molar-refractivity contribution in [2.45, 2.75) is 44.6 Å². The minimum atomic E-state index is -0.636. The van der Waals surface area contributed by atoms with E-state index in [4.69, 9.17) is 5.73 Å². The lowest BCUT2D eigenvalue weighted by Crippen LogP contribution is -2.42. The zero-order valence-electron chi connectivity index (χ0n) is 10.2. The van der Waals surface area contributed by atoms with Crippen molar-refractivity contribution >= 4 is 0 Å². The van der Waals surface area contributed by atoms with Gasteiger partial charge in [0.05, 0.1) is 0 Å². The van der Waals surface area contributed by atoms with Crippen LogP contribution in [0.5, 0.6) is 0 Å². The van der Waals surface area contributed by atoms with E-state index in [1.54, 1.807) is 0 Å². The number of benzene rings is 1. The second-order valence-electron chi connectivity index (χ2n) is 5.28. The summed E-state index contributed by atoms with van der Waals surface area (Å²) in [6, 6.07) is 3.61. The summed E-state index contributed by atoms with van der Waals surface area (Å²) in [5.74, 6) is -0.780. The van der Waals surface area contributed by atoms with Gasteiger partial charge in [0.25, 0.3) is 0 Å². The molecule has 1 nitrogen and oxygen atoms in total. The maximum absolute atomic E-state index is 13.2. The smallest absolute Gasteiger partial charge is 0.126 e. The lowest BCUT2D eigenvalue weighted by atomic mass is 9.73. The number of nitrogens with two attached hydrogens (primary N) is 1. The van der Waals surface area contributed by atoms with Crippen LogP contribution in [-0.4, -0.2) is 0 Å². The second-order valence-corrected chi connectivity index (χ2v) is 5.28. The lowest BCUT2D eigenvalue weighted by molar-refractivity contribution is 0.223. The van der Waals surface area contributed by atoms with E-state index in [0.29, 0.717) is 11.5 Å². The molecule has 1 fully saturated rings. The molecule has 1 aromatic carbocycles. The van der Waals surface area contributed by atoms with Gasteiger partial charge in [-0.3, -0.25) is 0 Å². The van der Waals surface area contributed by atoms with Crippen LogP contribution in [0.3, 0.4) is 0 Å². The average molecular weight is 239 g/mol. The standard InChI is InChI=1S/C14H19F2N/c1-14(17,10-5-3-2-4-6-10)11-7-12(15)9-13(16)8-11/h7-10H,2-6,17H2,1H3. The van der Waals surface area contributed by atoms with Crippen molar-refractivity contribution in [3.8, 4) is 0 Å². The maximum Gasteiger partial charge on any atom is 0.126 e. The summed E-state index contributed by atoms with van der Waals surface area (Å²) in [4.78, 5) is 0. The summed E-state index contributed by atoms with van der Waals surface area (Å²) >= 11 is 0. The first-order chi connectivity index (χ1) is 8.00. The van der Waals surface area contributed by atoms with E-state index < -0.39 is 17.2 Å². The highest BCUT2D eigenvalue weighted by Gasteiger charge is 2.33. The molecule has 0 spiro atoms. The van der Waals surface area contributed by atoms with Crippen LogP contribution in [0.4, 0.5) is 8.78 Å². The Hall–Kier alpha value is -0.960. The maximum atomic E-state index is 13.2. The van der Waals surface area contributed by atoms with Gasteiger partial charge in [-0.05, 0) is 43.4 Å². The predicted molar refractivity (Wildman–Crippen MR) is 64.5 cm³/mol. The monoisotopic (exact) mass is 239 g/mol. The van der Waals surface area contributed by atoms with Gasteiger partial charge in [-0.25, -0.2) is 8.78 Å². The van der Waals surface area contributed by atoms with E-state index in [1.807, 2.05) is 6.92 Å². The van der Waals surface area contributed by atoms with Crippen molar-refractivity contribution in [2.75, 3.05) is 0 Å². The van der Waals surface area contributed by atoms with Crippen molar-refractivity contribution in [3.05, 3.63) is 35.4 Å². The molecule has 1 aromatic rings. The number of halogens is 2. The van der Waals surface area contributed by atoms with Gasteiger partial charge < -0.3 is 5.73 Å². The molecule has 1 aliphatic rings. The molecule has 0 heterocycles. The molecule has 1 saturated carbocycles. The Morgan fingerprint density at radius 2 is 1.59 bits per heavy atom. The van der Waals surface area contributed by atoms with Crippen molar-refractivity contribution in [1.82, 2.24) is 0 Å². The van der Waals surface area contributed by atoms with Crippen molar-refractivity contribution in [3.63, 3.8) is 0 Å². The van der Waals surface area contributed by atoms with E-state index in [-0.39, 0.29) is 0 Å². The molecule has 94 valence electrons. The van der Waals surface area contributed by atoms with Crippen LogP contribution in [-0.2, 0) is 5.54 Å². The highest BCUT2D eigenvalue weighted by molar-refractivity contribution is 5.26. The molecule has 0 radical (unpaired) electrons. The lowest BCUT2D eigenvalue weighted by Gasteiger charge is -2.37. The Bertz CT molecular complexity index is 375. The first-order valence-electron chi connectivity index (χ1n) is 6.25. The van der Waals surface area contributed by atoms with Crippen LogP contribution >= 0.6 is 0 Å². The van der Waals surface area contributed by atoms with Crippen molar-refractivity contribution < 1.29 is 8.78 Å². The van der Waals surface area contributed by atoms with Gasteiger partial charge in [-0.2, -0.15) is 0 Å². The molecule has 0 saturated heterocycles. The average Bonchev–Trinajstić information content (AvgIpc) is 2.29. The number of hydrogen-bond acceptors (Lipinski definition) is 1. The second kappa shape index (κ2) is 4.73. The van der Waals surface area contributed by atoms with Gasteiger partial charge in [0.15, 0.2) is 0 Å². The highest BCUT2D eigenvalue weighted by Crippen LogP contribution is 2.37. The number of rotatable bonds is 2. The molecule has 2 rings (SSSR count). The Labute approximate surface area is 101 Å². The summed E-state index contributed by atoms with van der Waals surface area (Å²) in [7, 11) is 0. The third-order valence-corrected chi connectivity index (χ3v) is 3.94. The molecule has 0 aromatic heterocycles. The Morgan fingerprint density at radius 3 is 2.12 bits per heavy atom. The molecule has 1 atom stereocenters. The van der Waals surface area contributed by atoms with E-state index in [0.717, 1.165) is 31.7 Å². The SMILES string of the molecule is CC(N)(c1cc(F)cc(F)c1)C1CCCCC1. The van der Waals surface area contributed by atoms with Crippen molar-refractivity contribution in [1.29, 1.82) is 0 Å². The Morgan fingerprint density at radius 1 is 1.06 bits per heavy atom. The van der Waals surface area contributed by atoms with Gasteiger partial charge in [0.2, 0.25) is 0 Å². The minimum Gasteiger partial charge on any atom is -0.321 e. The first kappa shape index (κ1) is 12.5. The normalized spacial score (nSPS) is 21.2. The Balaban J connectivity index is 2.29. The summed E-state index contributed by atoms with van der Waals surface area (Å²) < 4.78 is 26.5. The third-order valence-electron chi connectivity index (χ3n) is 3.94. The number of hydrogen-bond donors (Lipinski definition) is 1. The van der Waals surface area contributed by atoms with E-state index in [9.17, 15) is 8.78 Å². The molecular formula is C14H19F2N. The van der Waals surface area contributed by atoms with Gasteiger partial charge >= 0.3 is 0 Å². The van der Waals surface area contributed by atoms with E-state index in [1.165, 1.54) is 18.6 Å². The van der Waals surface area contributed by atoms with Crippen LogP contribution in [0.1, 0.15) is 44.6 Å². The first-order valence-corrected chi connectivity index (χ1v) is 6.25. The Kier molecular flexibility index (Phi) is 3.48. The highest BCUT2D eigenvalue weighted by atomic mass is 19.1. The fourth-order valence-corrected chi connectivity index (χ4v) is 2.80. The topological polar surface area (TPSA) is 26.0 Å². The summed E-state index contributed by atoms with van der Waals surface area (Å²) in [5.41, 5.74) is 6.25. The van der Waals surface area contributed by atoms with E-state index in [2.05, 4.69) is 0 Å². The van der Waals surface area contributed by atoms with Crippen molar-refractivity contribution in [2.24, 2.45) is 11.7 Å². The summed E-state index contributed by atoms with van der Waals surface area (Å²) in [6.07, 6.45) is 5.66. The largest absolute Gasteiger partial charge is 0.321 e. The zero-order chi connectivity index (χ0) is 12.5. The van der Waals surface area contributed by atoms with Gasteiger partial charge in [0, 0.05) is 11.6 Å². The molecule has 0 amide bonds.